The van der Waals surface area contributed by atoms with Crippen LogP contribution in [0.3, 0.4) is 0 Å². The first-order chi connectivity index (χ1) is 9.11. The molecular formula is C12H21N5OS. The second-order valence-electron chi connectivity index (χ2n) is 4.99. The molecule has 0 saturated heterocycles. The number of ether oxygens (including phenoxy) is 1. The summed E-state index contributed by atoms with van der Waals surface area (Å²) in [6, 6.07) is 0.276. The fourth-order valence-electron chi connectivity index (χ4n) is 1.96. The van der Waals surface area contributed by atoms with Crippen LogP contribution in [0.5, 0.6) is 0 Å². The number of fused-ring (bicyclic) bond motifs is 1. The van der Waals surface area contributed by atoms with Gasteiger partial charge in [-0.15, -0.1) is 10.2 Å². The van der Waals surface area contributed by atoms with Crippen LogP contribution in [0.25, 0.3) is 4.96 Å². The number of hydrogen-bond acceptors (Lipinski definition) is 6. The molecule has 0 fully saturated rings. The van der Waals surface area contributed by atoms with Gasteiger partial charge in [-0.2, -0.15) is 9.61 Å². The van der Waals surface area contributed by atoms with Crippen LogP contribution in [0.2, 0.25) is 0 Å². The lowest BCUT2D eigenvalue weighted by atomic mass is 10.0. The summed E-state index contributed by atoms with van der Waals surface area (Å²) in [4.78, 5) is 0.834. The lowest BCUT2D eigenvalue weighted by molar-refractivity contribution is 0.176. The van der Waals surface area contributed by atoms with Crippen LogP contribution in [-0.2, 0) is 11.3 Å². The average molecular weight is 283 g/mol. The molecule has 19 heavy (non-hydrogen) atoms. The Hall–Kier alpha value is -1.05. The van der Waals surface area contributed by atoms with Crippen molar-refractivity contribution in [3.63, 3.8) is 0 Å². The molecule has 0 aliphatic rings. The Balaban J connectivity index is 2.03. The van der Waals surface area contributed by atoms with Crippen molar-refractivity contribution < 1.29 is 4.74 Å². The van der Waals surface area contributed by atoms with Crippen LogP contribution in [-0.4, -0.2) is 33.0 Å². The number of hydrogen-bond donors (Lipinski definition) is 1. The van der Waals surface area contributed by atoms with Crippen LogP contribution >= 0.6 is 11.3 Å². The molecule has 2 heterocycles. The average Bonchev–Trinajstić information content (AvgIpc) is 2.91. The minimum atomic E-state index is 0.276. The summed E-state index contributed by atoms with van der Waals surface area (Å²) >= 11 is 1.60. The smallest absolute Gasteiger partial charge is 0.234 e. The third-order valence-electron chi connectivity index (χ3n) is 3.06. The zero-order valence-corrected chi connectivity index (χ0v) is 12.5. The molecular weight excluding hydrogens is 262 g/mol. The Labute approximate surface area is 117 Å². The molecule has 0 saturated carbocycles. The van der Waals surface area contributed by atoms with E-state index < -0.39 is 0 Å². The van der Waals surface area contributed by atoms with E-state index in [4.69, 9.17) is 10.5 Å². The molecule has 0 amide bonds. The van der Waals surface area contributed by atoms with Gasteiger partial charge in [0.1, 0.15) is 11.6 Å². The Bertz CT molecular complexity index is 521. The predicted octanol–water partition coefficient (Wildman–Crippen LogP) is 1.95. The zero-order valence-electron chi connectivity index (χ0n) is 11.7. The number of rotatable bonds is 7. The quantitative estimate of drug-likeness (QED) is 0.840. The van der Waals surface area contributed by atoms with E-state index in [1.165, 1.54) is 0 Å². The summed E-state index contributed by atoms with van der Waals surface area (Å²) in [6.45, 7) is 4.68. The van der Waals surface area contributed by atoms with Crippen LogP contribution < -0.4 is 5.73 Å². The van der Waals surface area contributed by atoms with Crippen molar-refractivity contribution >= 4 is 16.3 Å². The zero-order chi connectivity index (χ0) is 13.8. The van der Waals surface area contributed by atoms with E-state index >= 15 is 0 Å². The van der Waals surface area contributed by atoms with E-state index in [0.29, 0.717) is 12.5 Å². The third kappa shape index (κ3) is 3.49. The Kier molecular flexibility index (Phi) is 4.84. The summed E-state index contributed by atoms with van der Waals surface area (Å²) in [5, 5.41) is 13.9. The standard InChI is InChI=1S/C12H21N5OS/c1-8(5-4-6-9(2)13)11-16-17-10(7-18-3)14-15-12(17)19-11/h8-9H,4-7,13H2,1-3H3. The van der Waals surface area contributed by atoms with Gasteiger partial charge in [0.25, 0.3) is 0 Å². The predicted molar refractivity (Wildman–Crippen MR) is 75.3 cm³/mol. The molecule has 0 aliphatic carbocycles. The Morgan fingerprint density at radius 2 is 2.11 bits per heavy atom. The molecule has 0 aliphatic heterocycles. The number of methoxy groups -OCH3 is 1. The fraction of sp³-hybridized carbons (Fsp3) is 0.750. The van der Waals surface area contributed by atoms with Gasteiger partial charge in [0.05, 0.1) is 0 Å². The van der Waals surface area contributed by atoms with Gasteiger partial charge in [-0.3, -0.25) is 0 Å². The van der Waals surface area contributed by atoms with Crippen molar-refractivity contribution in [2.75, 3.05) is 7.11 Å². The van der Waals surface area contributed by atoms with E-state index in [2.05, 4.69) is 22.2 Å². The van der Waals surface area contributed by atoms with Crippen LogP contribution in [0.1, 0.15) is 49.9 Å². The molecule has 7 heteroatoms. The lowest BCUT2D eigenvalue weighted by Gasteiger charge is -2.08. The number of aromatic nitrogens is 4. The Morgan fingerprint density at radius 1 is 1.32 bits per heavy atom. The molecule has 2 aromatic heterocycles. The highest BCUT2D eigenvalue weighted by atomic mass is 32.1. The summed E-state index contributed by atoms with van der Waals surface area (Å²) < 4.78 is 6.87. The monoisotopic (exact) mass is 283 g/mol. The van der Waals surface area contributed by atoms with Gasteiger partial charge < -0.3 is 10.5 Å². The van der Waals surface area contributed by atoms with Gasteiger partial charge in [-0.25, -0.2) is 0 Å². The second-order valence-corrected chi connectivity index (χ2v) is 5.98. The molecule has 106 valence electrons. The van der Waals surface area contributed by atoms with Gasteiger partial charge >= 0.3 is 0 Å². The van der Waals surface area contributed by atoms with Crippen molar-refractivity contribution in [3.05, 3.63) is 10.8 Å². The minimum absolute atomic E-state index is 0.276. The van der Waals surface area contributed by atoms with Crippen LogP contribution in [0.4, 0.5) is 0 Å². The maximum absolute atomic E-state index is 5.77. The highest BCUT2D eigenvalue weighted by molar-refractivity contribution is 7.16. The topological polar surface area (TPSA) is 78.3 Å². The normalized spacial score (nSPS) is 14.9. The van der Waals surface area contributed by atoms with E-state index in [0.717, 1.165) is 35.1 Å². The van der Waals surface area contributed by atoms with Crippen molar-refractivity contribution in [2.24, 2.45) is 5.73 Å². The third-order valence-corrected chi connectivity index (χ3v) is 4.19. The highest BCUT2D eigenvalue weighted by Crippen LogP contribution is 2.26. The van der Waals surface area contributed by atoms with Gasteiger partial charge in [-0.1, -0.05) is 24.7 Å². The first-order valence-corrected chi connectivity index (χ1v) is 7.39. The fourth-order valence-corrected chi connectivity index (χ4v) is 2.90. The van der Waals surface area contributed by atoms with Crippen molar-refractivity contribution in [2.45, 2.75) is 51.7 Å². The van der Waals surface area contributed by atoms with E-state index in [1.54, 1.807) is 23.0 Å². The minimum Gasteiger partial charge on any atom is -0.377 e. The van der Waals surface area contributed by atoms with Crippen molar-refractivity contribution in [1.29, 1.82) is 0 Å². The van der Waals surface area contributed by atoms with Crippen molar-refractivity contribution in [3.8, 4) is 0 Å². The molecule has 2 atom stereocenters. The number of nitrogens with zero attached hydrogens (tertiary/aromatic N) is 4. The second kappa shape index (κ2) is 6.40. The molecule has 2 rings (SSSR count). The first-order valence-electron chi connectivity index (χ1n) is 6.57. The summed E-state index contributed by atoms with van der Waals surface area (Å²) in [7, 11) is 1.64. The van der Waals surface area contributed by atoms with Gasteiger partial charge in [0, 0.05) is 19.1 Å². The Morgan fingerprint density at radius 3 is 2.79 bits per heavy atom. The summed E-state index contributed by atoms with van der Waals surface area (Å²) in [5.74, 6) is 1.18. The summed E-state index contributed by atoms with van der Waals surface area (Å²) in [5.41, 5.74) is 5.77. The van der Waals surface area contributed by atoms with E-state index in [9.17, 15) is 0 Å². The first kappa shape index (κ1) is 14.4. The molecule has 0 aromatic carbocycles. The van der Waals surface area contributed by atoms with E-state index in [1.807, 2.05) is 6.92 Å². The molecule has 2 N–H and O–H groups in total. The molecule has 6 nitrogen and oxygen atoms in total. The van der Waals surface area contributed by atoms with Gasteiger partial charge in [0.2, 0.25) is 4.96 Å². The van der Waals surface area contributed by atoms with Crippen LogP contribution in [0.15, 0.2) is 0 Å². The highest BCUT2D eigenvalue weighted by Gasteiger charge is 2.15. The summed E-state index contributed by atoms with van der Waals surface area (Å²) in [6.07, 6.45) is 3.29. The maximum atomic E-state index is 5.77. The van der Waals surface area contributed by atoms with E-state index in [-0.39, 0.29) is 6.04 Å². The largest absolute Gasteiger partial charge is 0.377 e. The molecule has 0 bridgehead atoms. The maximum Gasteiger partial charge on any atom is 0.234 e. The van der Waals surface area contributed by atoms with Crippen LogP contribution in [0, 0.1) is 0 Å². The number of nitrogens with two attached hydrogens (primary N) is 1. The molecule has 2 aromatic rings. The SMILES string of the molecule is COCc1nnc2sc(C(C)CCCC(C)N)nn12. The van der Waals surface area contributed by atoms with Crippen molar-refractivity contribution in [1.82, 2.24) is 19.8 Å². The molecule has 2 unspecified atom stereocenters. The molecule has 0 radical (unpaired) electrons. The molecule has 0 spiro atoms. The lowest BCUT2D eigenvalue weighted by Crippen LogP contribution is -2.14. The van der Waals surface area contributed by atoms with Gasteiger partial charge in [-0.05, 0) is 19.8 Å². The van der Waals surface area contributed by atoms with Gasteiger partial charge in [0.15, 0.2) is 5.82 Å².